The Hall–Kier alpha value is -2.36. The number of fused-ring (bicyclic) bond motifs is 1. The minimum absolute atomic E-state index is 0.0169. The summed E-state index contributed by atoms with van der Waals surface area (Å²) in [7, 11) is 3.79. The van der Waals surface area contributed by atoms with E-state index in [9.17, 15) is 9.59 Å². The number of carbonyl (C=O) groups excluding carboxylic acids is 2. The maximum absolute atomic E-state index is 13.6. The van der Waals surface area contributed by atoms with Crippen molar-refractivity contribution in [3.05, 3.63) is 22.7 Å². The van der Waals surface area contributed by atoms with Crippen LogP contribution < -0.4 is 10.5 Å². The zero-order chi connectivity index (χ0) is 27.1. The predicted molar refractivity (Wildman–Crippen MR) is 145 cm³/mol. The molecule has 4 rings (SSSR count). The molecule has 3 aliphatic rings. The van der Waals surface area contributed by atoms with Crippen molar-refractivity contribution in [1.29, 1.82) is 0 Å². The molecule has 0 amide bonds. The van der Waals surface area contributed by atoms with Gasteiger partial charge in [-0.05, 0) is 58.5 Å². The van der Waals surface area contributed by atoms with Crippen LogP contribution in [0.5, 0.6) is 5.88 Å². The molecule has 1 aliphatic carbocycles. The van der Waals surface area contributed by atoms with Crippen molar-refractivity contribution < 1.29 is 23.8 Å². The number of ketones is 2. The molecule has 0 unspecified atom stereocenters. The second-order valence-electron chi connectivity index (χ2n) is 10.8. The molecule has 2 aliphatic heterocycles. The van der Waals surface area contributed by atoms with Gasteiger partial charge in [-0.25, -0.2) is 4.98 Å². The van der Waals surface area contributed by atoms with Crippen molar-refractivity contribution in [3.63, 3.8) is 0 Å². The number of likely N-dealkylation sites (N-methyl/N-ethyl adjacent to an activating group) is 1. The standard InChI is InChI=1S/C29H44N4O5/c1-4-9-21(27(35)20-11-5-6-13-23(20)34)25(30)28-31-26-22(12-8-16-37-24(26)14-17-36-3)29(32-28)38-18-19-10-7-15-33(19)2/h19-20,24H,4-18,30H2,1-3H3/b25-21-/t19-,20-,24+/m0/s1. The predicted octanol–water partition coefficient (Wildman–Crippen LogP) is 3.79. The zero-order valence-corrected chi connectivity index (χ0v) is 23.3. The van der Waals surface area contributed by atoms with Crippen LogP contribution in [0, 0.1) is 5.92 Å². The van der Waals surface area contributed by atoms with Crippen molar-refractivity contribution in [1.82, 2.24) is 14.9 Å². The second-order valence-corrected chi connectivity index (χ2v) is 10.8. The molecule has 2 N–H and O–H groups in total. The Bertz CT molecular complexity index is 1030. The molecule has 38 heavy (non-hydrogen) atoms. The number of hydrogen-bond acceptors (Lipinski definition) is 9. The number of allylic oxidation sites excluding steroid dienone is 1. The Morgan fingerprint density at radius 1 is 1.16 bits per heavy atom. The quantitative estimate of drug-likeness (QED) is 0.338. The van der Waals surface area contributed by atoms with Gasteiger partial charge < -0.3 is 24.8 Å². The van der Waals surface area contributed by atoms with Gasteiger partial charge in [0.2, 0.25) is 5.88 Å². The summed E-state index contributed by atoms with van der Waals surface area (Å²) in [5, 5.41) is 0. The number of hydrogen-bond donors (Lipinski definition) is 1. The minimum Gasteiger partial charge on any atom is -0.476 e. The van der Waals surface area contributed by atoms with Crippen LogP contribution in [0.4, 0.5) is 0 Å². The molecule has 1 saturated carbocycles. The number of methoxy groups -OCH3 is 1. The Kier molecular flexibility index (Phi) is 10.3. The molecular weight excluding hydrogens is 484 g/mol. The molecule has 0 spiro atoms. The second kappa shape index (κ2) is 13.6. The van der Waals surface area contributed by atoms with E-state index >= 15 is 0 Å². The summed E-state index contributed by atoms with van der Waals surface area (Å²) in [6.07, 6.45) is 8.16. The van der Waals surface area contributed by atoms with Gasteiger partial charge in [-0.3, -0.25) is 9.59 Å². The molecule has 3 heterocycles. The molecule has 1 aromatic rings. The normalized spacial score (nSPS) is 25.0. The van der Waals surface area contributed by atoms with Crippen LogP contribution in [-0.4, -0.2) is 73.0 Å². The number of nitrogens with two attached hydrogens (primary N) is 1. The van der Waals surface area contributed by atoms with Crippen LogP contribution in [0.15, 0.2) is 5.57 Å². The van der Waals surface area contributed by atoms with E-state index in [2.05, 4.69) is 11.9 Å². The van der Waals surface area contributed by atoms with Gasteiger partial charge in [-0.2, -0.15) is 4.98 Å². The number of rotatable bonds is 11. The summed E-state index contributed by atoms with van der Waals surface area (Å²) in [6, 6.07) is 0.331. The number of aromatic nitrogens is 2. The van der Waals surface area contributed by atoms with Gasteiger partial charge in [0, 0.05) is 50.3 Å². The highest BCUT2D eigenvalue weighted by Gasteiger charge is 2.33. The molecule has 1 aromatic heterocycles. The maximum Gasteiger partial charge on any atom is 0.220 e. The van der Waals surface area contributed by atoms with Gasteiger partial charge >= 0.3 is 0 Å². The SMILES string of the molecule is CCC/C(C(=O)[C@H]1CCCCC1=O)=C(/N)c1nc(OC[C@@H]2CCCN2C)c2c(n1)[C@@H](CCOC)OCCC2. The van der Waals surface area contributed by atoms with Gasteiger partial charge in [0.05, 0.1) is 17.3 Å². The van der Waals surface area contributed by atoms with E-state index in [1.165, 1.54) is 0 Å². The third-order valence-electron chi connectivity index (χ3n) is 8.10. The maximum atomic E-state index is 13.6. The van der Waals surface area contributed by atoms with E-state index in [1.54, 1.807) is 7.11 Å². The Labute approximate surface area is 226 Å². The van der Waals surface area contributed by atoms with E-state index in [0.29, 0.717) is 63.0 Å². The van der Waals surface area contributed by atoms with E-state index in [-0.39, 0.29) is 29.2 Å². The molecule has 1 saturated heterocycles. The highest BCUT2D eigenvalue weighted by atomic mass is 16.5. The average Bonchev–Trinajstić information content (AvgIpc) is 3.22. The van der Waals surface area contributed by atoms with Crippen LogP contribution in [-0.2, 0) is 25.5 Å². The summed E-state index contributed by atoms with van der Waals surface area (Å²) in [5.41, 5.74) is 9.11. The van der Waals surface area contributed by atoms with Crippen LogP contribution in [0.25, 0.3) is 5.70 Å². The van der Waals surface area contributed by atoms with Crippen LogP contribution >= 0.6 is 0 Å². The molecule has 9 nitrogen and oxygen atoms in total. The third kappa shape index (κ3) is 6.61. The van der Waals surface area contributed by atoms with E-state index < -0.39 is 5.92 Å². The van der Waals surface area contributed by atoms with Crippen molar-refractivity contribution in [2.75, 3.05) is 40.5 Å². The fourth-order valence-corrected chi connectivity index (χ4v) is 5.83. The third-order valence-corrected chi connectivity index (χ3v) is 8.10. The fraction of sp³-hybridized carbons (Fsp3) is 0.724. The van der Waals surface area contributed by atoms with Crippen LogP contribution in [0.3, 0.4) is 0 Å². The smallest absolute Gasteiger partial charge is 0.220 e. The first-order valence-corrected chi connectivity index (χ1v) is 14.3. The van der Waals surface area contributed by atoms with Gasteiger partial charge in [0.15, 0.2) is 11.6 Å². The van der Waals surface area contributed by atoms with Crippen LogP contribution in [0.2, 0.25) is 0 Å². The highest BCUT2D eigenvalue weighted by molar-refractivity contribution is 6.13. The van der Waals surface area contributed by atoms with Gasteiger partial charge in [0.25, 0.3) is 0 Å². The highest BCUT2D eigenvalue weighted by Crippen LogP contribution is 2.35. The van der Waals surface area contributed by atoms with Crippen molar-refractivity contribution >= 4 is 17.3 Å². The van der Waals surface area contributed by atoms with Gasteiger partial charge in [0.1, 0.15) is 18.5 Å². The summed E-state index contributed by atoms with van der Waals surface area (Å²) < 4.78 is 17.9. The Morgan fingerprint density at radius 2 is 2.00 bits per heavy atom. The number of carbonyl (C=O) groups is 2. The average molecular weight is 529 g/mol. The Morgan fingerprint density at radius 3 is 2.71 bits per heavy atom. The number of Topliss-reactive ketones (excluding diaryl/α,β-unsaturated/α-hetero) is 2. The number of nitrogens with zero attached hydrogens (tertiary/aromatic N) is 3. The molecule has 210 valence electrons. The lowest BCUT2D eigenvalue weighted by Crippen LogP contribution is -2.31. The summed E-state index contributed by atoms with van der Waals surface area (Å²) in [6.45, 7) is 4.74. The molecule has 3 atom stereocenters. The fourth-order valence-electron chi connectivity index (χ4n) is 5.83. The lowest BCUT2D eigenvalue weighted by atomic mass is 9.81. The molecule has 2 fully saturated rings. The molecule has 0 bridgehead atoms. The van der Waals surface area contributed by atoms with Crippen molar-refractivity contribution in [3.8, 4) is 5.88 Å². The van der Waals surface area contributed by atoms with E-state index in [4.69, 9.17) is 29.9 Å². The van der Waals surface area contributed by atoms with E-state index in [0.717, 1.165) is 62.7 Å². The largest absolute Gasteiger partial charge is 0.476 e. The number of ether oxygens (including phenoxy) is 3. The summed E-state index contributed by atoms with van der Waals surface area (Å²) in [5.74, 6) is 0.0406. The molecule has 9 heteroatoms. The lowest BCUT2D eigenvalue weighted by molar-refractivity contribution is -0.132. The molecule has 0 aromatic carbocycles. The Balaban J connectivity index is 1.75. The minimum atomic E-state index is -0.615. The summed E-state index contributed by atoms with van der Waals surface area (Å²) in [4.78, 5) is 38.2. The van der Waals surface area contributed by atoms with Crippen molar-refractivity contribution in [2.45, 2.75) is 89.7 Å². The first-order valence-electron chi connectivity index (χ1n) is 14.3. The molecule has 0 radical (unpaired) electrons. The van der Waals surface area contributed by atoms with E-state index in [1.807, 2.05) is 6.92 Å². The van der Waals surface area contributed by atoms with Gasteiger partial charge in [-0.1, -0.05) is 19.8 Å². The monoisotopic (exact) mass is 528 g/mol. The summed E-state index contributed by atoms with van der Waals surface area (Å²) >= 11 is 0. The van der Waals surface area contributed by atoms with Crippen LogP contribution in [0.1, 0.15) is 94.3 Å². The zero-order valence-electron chi connectivity index (χ0n) is 23.3. The first-order chi connectivity index (χ1) is 18.4. The topological polar surface area (TPSA) is 117 Å². The van der Waals surface area contributed by atoms with Crippen molar-refractivity contribution in [2.24, 2.45) is 11.7 Å². The molecular formula is C29H44N4O5. The number of likely N-dealkylation sites (tertiary alicyclic amines) is 1. The lowest BCUT2D eigenvalue weighted by Gasteiger charge is -2.23. The first kappa shape index (κ1) is 28.6. The van der Waals surface area contributed by atoms with Gasteiger partial charge in [-0.15, -0.1) is 0 Å².